The summed E-state index contributed by atoms with van der Waals surface area (Å²) in [5.74, 6) is -3.61. The molecule has 39 heavy (non-hydrogen) atoms. The maximum atomic E-state index is 13.8. The fraction of sp³-hybridized carbons (Fsp3) is 0.321. The zero-order valence-corrected chi connectivity index (χ0v) is 22.7. The van der Waals surface area contributed by atoms with Crippen LogP contribution in [0.1, 0.15) is 34.3 Å². The number of nitrogens with zero attached hydrogens (tertiary/aromatic N) is 6. The molecule has 3 heterocycles. The van der Waals surface area contributed by atoms with Crippen molar-refractivity contribution in [3.63, 3.8) is 0 Å². The first-order valence-corrected chi connectivity index (χ1v) is 12.5. The number of hydrogen-bond acceptors (Lipinski definition) is 5. The molecule has 1 saturated heterocycles. The van der Waals surface area contributed by atoms with Crippen LogP contribution in [0, 0.1) is 25.0 Å². The fourth-order valence-electron chi connectivity index (χ4n) is 5.48. The molecule has 0 spiro atoms. The molecular weight excluding hydrogens is 500 g/mol. The van der Waals surface area contributed by atoms with Gasteiger partial charge in [-0.1, -0.05) is 36.4 Å². The van der Waals surface area contributed by atoms with E-state index < -0.39 is 29.7 Å². The van der Waals surface area contributed by atoms with E-state index in [0.717, 1.165) is 20.1 Å². The van der Waals surface area contributed by atoms with Crippen LogP contribution in [0.3, 0.4) is 0 Å². The molecule has 4 amide bonds. The van der Waals surface area contributed by atoms with Crippen molar-refractivity contribution >= 4 is 28.9 Å². The summed E-state index contributed by atoms with van der Waals surface area (Å²) in [6, 6.07) is 14.1. The Morgan fingerprint density at radius 2 is 1.44 bits per heavy atom. The lowest BCUT2D eigenvalue weighted by Crippen LogP contribution is -2.59. The van der Waals surface area contributed by atoms with Gasteiger partial charge in [-0.25, -0.2) is 18.9 Å². The Morgan fingerprint density at radius 1 is 0.846 bits per heavy atom. The zero-order chi connectivity index (χ0) is 28.3. The van der Waals surface area contributed by atoms with Crippen molar-refractivity contribution in [2.24, 2.45) is 20.0 Å². The largest absolute Gasteiger partial charge is 0.711 e. The Morgan fingerprint density at radius 3 is 2.05 bits per heavy atom. The Bertz CT molecular complexity index is 1690. The number of imidazole rings is 2. The number of aryl methyl sites for hydroxylation is 2. The summed E-state index contributed by atoms with van der Waals surface area (Å²) in [7, 11) is 5.95. The molecule has 0 saturated carbocycles. The maximum Gasteiger partial charge on any atom is 0.332 e. The molecule has 11 nitrogen and oxygen atoms in total. The van der Waals surface area contributed by atoms with Gasteiger partial charge < -0.3 is 5.21 Å². The molecular formula is C28H30N6O5. The monoisotopic (exact) mass is 530 g/mol. The number of imide groups is 2. The van der Waals surface area contributed by atoms with Gasteiger partial charge in [0, 0.05) is 42.0 Å². The van der Waals surface area contributed by atoms with Crippen molar-refractivity contribution in [3.05, 3.63) is 92.6 Å². The van der Waals surface area contributed by atoms with Crippen LogP contribution in [0.15, 0.2) is 53.3 Å². The number of barbiturate groups is 1. The van der Waals surface area contributed by atoms with Crippen molar-refractivity contribution in [2.75, 3.05) is 14.1 Å². The van der Waals surface area contributed by atoms with Crippen LogP contribution in [0.2, 0.25) is 0 Å². The van der Waals surface area contributed by atoms with E-state index in [0.29, 0.717) is 34.5 Å². The molecule has 2 aromatic heterocycles. The molecule has 0 bridgehead atoms. The first-order valence-electron chi connectivity index (χ1n) is 12.5. The Labute approximate surface area is 224 Å². The Hall–Kier alpha value is -4.67. The number of urea groups is 1. The number of benzene rings is 2. The second kappa shape index (κ2) is 9.26. The molecule has 1 atom stereocenters. The minimum Gasteiger partial charge on any atom is -0.711 e. The van der Waals surface area contributed by atoms with Crippen molar-refractivity contribution in [3.8, 4) is 0 Å². The predicted octanol–water partition coefficient (Wildman–Crippen LogP) is 1.78. The second-order valence-corrected chi connectivity index (χ2v) is 10.1. The summed E-state index contributed by atoms with van der Waals surface area (Å²) < 4.78 is 5.58. The molecule has 1 aliphatic heterocycles. The SMILES string of the molecule is Cc1c(C)[n+]([O-])c([C@H](c2ccc3c(c2)n(C)c(=O)n3C)C2C(=O)N(C)C(=O)N(C)C2=O)n1Cc1ccccc1. The summed E-state index contributed by atoms with van der Waals surface area (Å²) in [5.41, 5.74) is 3.59. The lowest BCUT2D eigenvalue weighted by molar-refractivity contribution is -0.621. The van der Waals surface area contributed by atoms with E-state index in [1.54, 1.807) is 39.2 Å². The van der Waals surface area contributed by atoms with Crippen LogP contribution in [-0.2, 0) is 30.2 Å². The van der Waals surface area contributed by atoms with Gasteiger partial charge in [-0.05, 0) is 23.3 Å². The number of carbonyl (C=O) groups is 3. The topological polar surface area (TPSA) is 116 Å². The van der Waals surface area contributed by atoms with Gasteiger partial charge in [-0.15, -0.1) is 0 Å². The van der Waals surface area contributed by atoms with E-state index in [-0.39, 0.29) is 11.5 Å². The predicted molar refractivity (Wildman–Crippen MR) is 143 cm³/mol. The van der Waals surface area contributed by atoms with Gasteiger partial charge in [0.05, 0.1) is 11.0 Å². The van der Waals surface area contributed by atoms with Crippen LogP contribution in [-0.4, -0.2) is 55.4 Å². The highest BCUT2D eigenvalue weighted by Crippen LogP contribution is 2.37. The van der Waals surface area contributed by atoms with Crippen LogP contribution >= 0.6 is 0 Å². The summed E-state index contributed by atoms with van der Waals surface area (Å²) >= 11 is 0. The third kappa shape index (κ3) is 3.84. The van der Waals surface area contributed by atoms with Crippen molar-refractivity contribution in [2.45, 2.75) is 26.3 Å². The highest BCUT2D eigenvalue weighted by Gasteiger charge is 2.51. The summed E-state index contributed by atoms with van der Waals surface area (Å²) in [5, 5.41) is 13.8. The third-order valence-electron chi connectivity index (χ3n) is 7.94. The Kier molecular flexibility index (Phi) is 6.16. The van der Waals surface area contributed by atoms with Gasteiger partial charge in [0.15, 0.2) is 0 Å². The maximum absolute atomic E-state index is 13.8. The van der Waals surface area contributed by atoms with E-state index in [9.17, 15) is 24.4 Å². The molecule has 1 aliphatic rings. The van der Waals surface area contributed by atoms with E-state index in [2.05, 4.69) is 0 Å². The van der Waals surface area contributed by atoms with E-state index >= 15 is 0 Å². The number of hydrogen-bond donors (Lipinski definition) is 0. The summed E-state index contributed by atoms with van der Waals surface area (Å²) in [4.78, 5) is 54.3. The second-order valence-electron chi connectivity index (χ2n) is 10.1. The van der Waals surface area contributed by atoms with Gasteiger partial charge in [-0.3, -0.25) is 28.5 Å². The van der Waals surface area contributed by atoms with Gasteiger partial charge in [0.2, 0.25) is 11.8 Å². The lowest BCUT2D eigenvalue weighted by atomic mass is 9.82. The van der Waals surface area contributed by atoms with Crippen LogP contribution in [0.5, 0.6) is 0 Å². The average molecular weight is 531 g/mol. The smallest absolute Gasteiger partial charge is 0.332 e. The fourth-order valence-corrected chi connectivity index (χ4v) is 5.48. The van der Waals surface area contributed by atoms with E-state index in [4.69, 9.17) is 0 Å². The number of carbonyl (C=O) groups excluding carboxylic acids is 3. The molecule has 0 N–H and O–H groups in total. The number of fused-ring (bicyclic) bond motifs is 1. The van der Waals surface area contributed by atoms with Crippen molar-refractivity contribution in [1.29, 1.82) is 0 Å². The van der Waals surface area contributed by atoms with Crippen molar-refractivity contribution in [1.82, 2.24) is 23.5 Å². The molecule has 4 aromatic rings. The third-order valence-corrected chi connectivity index (χ3v) is 7.94. The summed E-state index contributed by atoms with van der Waals surface area (Å²) in [6.45, 7) is 3.85. The number of amides is 4. The highest BCUT2D eigenvalue weighted by molar-refractivity contribution is 6.16. The average Bonchev–Trinajstić information content (AvgIpc) is 3.28. The first kappa shape index (κ1) is 26.0. The zero-order valence-electron chi connectivity index (χ0n) is 22.7. The minimum absolute atomic E-state index is 0.206. The Balaban J connectivity index is 1.81. The highest BCUT2D eigenvalue weighted by atomic mass is 16.5. The molecule has 2 aromatic carbocycles. The number of rotatable bonds is 5. The molecule has 0 radical (unpaired) electrons. The number of aromatic nitrogens is 4. The molecule has 5 rings (SSSR count). The van der Waals surface area contributed by atoms with E-state index in [1.165, 1.54) is 23.2 Å². The van der Waals surface area contributed by atoms with Gasteiger partial charge in [0.1, 0.15) is 29.8 Å². The van der Waals surface area contributed by atoms with Crippen LogP contribution in [0.4, 0.5) is 4.79 Å². The van der Waals surface area contributed by atoms with Crippen LogP contribution < -0.4 is 10.4 Å². The lowest BCUT2D eigenvalue weighted by Gasteiger charge is -2.36. The minimum atomic E-state index is -1.38. The molecule has 0 aliphatic carbocycles. The normalized spacial score (nSPS) is 15.6. The van der Waals surface area contributed by atoms with E-state index in [1.807, 2.05) is 41.8 Å². The van der Waals surface area contributed by atoms with Gasteiger partial charge >= 0.3 is 11.7 Å². The van der Waals surface area contributed by atoms with Crippen LogP contribution in [0.25, 0.3) is 11.0 Å². The standard InChI is InChI=1S/C28H30N6O5/c1-16-17(2)34(39)24(33(16)15-18-10-8-7-9-11-18)22(23-25(35)31(5)28(38)32(6)26(23)36)19-12-13-20-21(14-19)30(4)27(37)29(20)3/h7-14,22-23H,15H2,1-6H3/t22-/m1/s1. The van der Waals surface area contributed by atoms with Gasteiger partial charge in [-0.2, -0.15) is 0 Å². The quantitative estimate of drug-likeness (QED) is 0.222. The molecule has 11 heteroatoms. The molecule has 202 valence electrons. The van der Waals surface area contributed by atoms with Crippen molar-refractivity contribution < 1.29 is 19.1 Å². The molecule has 1 fully saturated rings. The first-order chi connectivity index (χ1) is 18.5. The van der Waals surface area contributed by atoms with Gasteiger partial charge in [0.25, 0.3) is 5.82 Å². The summed E-state index contributed by atoms with van der Waals surface area (Å²) in [6.07, 6.45) is 0. The molecule has 0 unspecified atom stereocenters.